The number of hydrogen-bond acceptors (Lipinski definition) is 0. The van der Waals surface area contributed by atoms with Gasteiger partial charge in [-0.25, -0.2) is 0 Å². The van der Waals surface area contributed by atoms with Gasteiger partial charge in [0.25, 0.3) is 0 Å². The number of nitrogens with one attached hydrogen (secondary N) is 1. The van der Waals surface area contributed by atoms with Gasteiger partial charge >= 0.3 is 17.1 Å². The molecule has 0 aliphatic heterocycles. The number of rotatable bonds is 3. The predicted molar refractivity (Wildman–Crippen MR) is 136 cm³/mol. The molecule has 1 N–H and O–H groups in total. The molecule has 0 radical (unpaired) electrons. The zero-order valence-corrected chi connectivity index (χ0v) is 23.5. The molecule has 0 amide bonds. The van der Waals surface area contributed by atoms with E-state index in [0.29, 0.717) is 26.3 Å². The first kappa shape index (κ1) is 30.6. The third kappa shape index (κ3) is 12.2. The smallest absolute Gasteiger partial charge is 0.699 e. The van der Waals surface area contributed by atoms with Gasteiger partial charge in [0.1, 0.15) is 0 Å². The van der Waals surface area contributed by atoms with Crippen LogP contribution in [-0.4, -0.2) is 32.9 Å². The second-order valence-electron chi connectivity index (χ2n) is 11.8. The summed E-state index contributed by atoms with van der Waals surface area (Å²) in [5.74, 6) is 0. The van der Waals surface area contributed by atoms with Gasteiger partial charge in [0.05, 0.1) is 32.9 Å². The van der Waals surface area contributed by atoms with Crippen LogP contribution in [-0.2, 0) is 17.1 Å². The number of hydrogen-bond donors (Lipinski definition) is 0. The van der Waals surface area contributed by atoms with Gasteiger partial charge in [0.2, 0.25) is 0 Å². The van der Waals surface area contributed by atoms with Crippen LogP contribution in [0.1, 0.15) is 83.1 Å². The van der Waals surface area contributed by atoms with Crippen LogP contribution in [0.5, 0.6) is 0 Å². The van der Waals surface area contributed by atoms with Crippen molar-refractivity contribution in [3.63, 3.8) is 0 Å². The van der Waals surface area contributed by atoms with Crippen molar-refractivity contribution in [2.75, 3.05) is 12.3 Å². The summed E-state index contributed by atoms with van der Waals surface area (Å²) in [6, 6.07) is 9.10. The molecule has 0 bridgehead atoms. The Bertz CT molecular complexity index is 471. The molecular formula is C24H48CuNP2+2. The van der Waals surface area contributed by atoms with E-state index in [1.54, 1.807) is 12.1 Å². The van der Waals surface area contributed by atoms with Crippen LogP contribution >= 0.6 is 15.8 Å². The second kappa shape index (κ2) is 11.7. The van der Waals surface area contributed by atoms with E-state index in [1.165, 1.54) is 12.3 Å². The molecule has 1 aromatic rings. The van der Waals surface area contributed by atoms with E-state index in [2.05, 4.69) is 83.1 Å². The topological polar surface area (TPSA) is 23.8 Å². The van der Waals surface area contributed by atoms with E-state index < -0.39 is 0 Å². The van der Waals surface area contributed by atoms with Gasteiger partial charge in [0.15, 0.2) is 0 Å². The normalized spacial score (nSPS) is 13.1. The maximum absolute atomic E-state index is 7.00. The molecule has 0 saturated carbocycles. The zero-order valence-electron chi connectivity index (χ0n) is 20.6. The van der Waals surface area contributed by atoms with Crippen LogP contribution < -0.4 is 0 Å². The molecule has 0 aromatic heterocycles. The molecule has 0 atom stereocenters. The molecule has 0 aliphatic carbocycles. The van der Waals surface area contributed by atoms with Crippen LogP contribution in [0, 0.1) is 0 Å². The van der Waals surface area contributed by atoms with Crippen molar-refractivity contribution in [2.45, 2.75) is 104 Å². The van der Waals surface area contributed by atoms with Gasteiger partial charge in [-0.05, 0) is 83.1 Å². The molecule has 0 fully saturated rings. The van der Waals surface area contributed by atoms with Gasteiger partial charge in [-0.1, -0.05) is 30.3 Å². The van der Waals surface area contributed by atoms with Gasteiger partial charge in [0, 0.05) is 15.8 Å². The van der Waals surface area contributed by atoms with E-state index in [-0.39, 0.29) is 32.9 Å². The summed E-state index contributed by atoms with van der Waals surface area (Å²) in [7, 11) is -0.729. The molecule has 0 aliphatic rings. The van der Waals surface area contributed by atoms with Crippen LogP contribution in [0.4, 0.5) is 5.69 Å². The van der Waals surface area contributed by atoms with Crippen LogP contribution in [0.25, 0.3) is 5.73 Å². The Balaban J connectivity index is 0. The molecule has 1 rings (SSSR count). The van der Waals surface area contributed by atoms with Crippen LogP contribution in [0.3, 0.4) is 0 Å². The van der Waals surface area contributed by atoms with Gasteiger partial charge in [-0.3, -0.25) is 0 Å². The number of benzene rings is 1. The first-order valence-electron chi connectivity index (χ1n) is 10.4. The Morgan fingerprint density at radius 2 is 0.821 bits per heavy atom. The summed E-state index contributed by atoms with van der Waals surface area (Å²) in [5, 5.41) is 2.02. The SMILES string of the molecule is CC(C)(C)[PH+](CC[PH+](C(C)(C)C)C(C)(C)C)C(C)(C)C.[Cu+].[NH-]c1ccccc1. The van der Waals surface area contributed by atoms with E-state index in [4.69, 9.17) is 5.73 Å². The van der Waals surface area contributed by atoms with Gasteiger partial charge < -0.3 is 5.73 Å². The first-order valence-corrected chi connectivity index (χ1v) is 13.8. The molecule has 0 saturated heterocycles. The Morgan fingerprint density at radius 3 is 0.964 bits per heavy atom. The average Bonchev–Trinajstić information content (AvgIpc) is 2.39. The van der Waals surface area contributed by atoms with E-state index in [0.717, 1.165) is 0 Å². The fourth-order valence-corrected chi connectivity index (χ4v) is 13.9. The molecule has 0 spiro atoms. The quantitative estimate of drug-likeness (QED) is 0.307. The van der Waals surface area contributed by atoms with Crippen molar-refractivity contribution in [2.24, 2.45) is 0 Å². The minimum atomic E-state index is -0.364. The fraction of sp³-hybridized carbons (Fsp3) is 0.750. The summed E-state index contributed by atoms with van der Waals surface area (Å²) in [6.07, 6.45) is 2.97. The first-order chi connectivity index (χ1) is 11.9. The molecule has 0 heterocycles. The molecule has 168 valence electrons. The summed E-state index contributed by atoms with van der Waals surface area (Å²) >= 11 is 0. The predicted octanol–water partition coefficient (Wildman–Crippen LogP) is 8.98. The Labute approximate surface area is 190 Å². The summed E-state index contributed by atoms with van der Waals surface area (Å²) in [5.41, 5.74) is 7.57. The van der Waals surface area contributed by atoms with E-state index in [1.807, 2.05) is 18.2 Å². The standard InChI is InChI=1S/C18H40P2.C6H6N.Cu/c1-15(2,3)19(16(4,5)6)13-14-20(17(7,8)9)18(10,11)12;7-6-4-2-1-3-5-6;/h13-14H2,1-12H3;1-5,7H;/q;-1;+1/p+2. The average molecular weight is 476 g/mol. The van der Waals surface area contributed by atoms with E-state index >= 15 is 0 Å². The third-order valence-electron chi connectivity index (χ3n) is 5.02. The maximum atomic E-state index is 7.00. The summed E-state index contributed by atoms with van der Waals surface area (Å²) < 4.78 is 0. The Hall–Kier alpha value is 0.399. The minimum Gasteiger partial charge on any atom is -0.699 e. The van der Waals surface area contributed by atoms with Crippen molar-refractivity contribution >= 4 is 21.5 Å². The van der Waals surface area contributed by atoms with Crippen molar-refractivity contribution in [1.29, 1.82) is 0 Å². The molecule has 1 aromatic carbocycles. The fourth-order valence-electron chi connectivity index (χ4n) is 4.44. The molecule has 4 heteroatoms. The van der Waals surface area contributed by atoms with Gasteiger partial charge in [-0.15, -0.1) is 5.69 Å². The van der Waals surface area contributed by atoms with Crippen LogP contribution in [0.15, 0.2) is 30.3 Å². The van der Waals surface area contributed by atoms with E-state index in [9.17, 15) is 0 Å². The minimum absolute atomic E-state index is 0. The Morgan fingerprint density at radius 1 is 0.571 bits per heavy atom. The second-order valence-corrected chi connectivity index (χ2v) is 20.7. The third-order valence-corrected chi connectivity index (χ3v) is 14.3. The molecule has 0 unspecified atom stereocenters. The van der Waals surface area contributed by atoms with Crippen molar-refractivity contribution in [3.05, 3.63) is 36.1 Å². The zero-order chi connectivity index (χ0) is 21.7. The van der Waals surface area contributed by atoms with Gasteiger partial charge in [-0.2, -0.15) is 0 Å². The monoisotopic (exact) mass is 475 g/mol. The maximum Gasteiger partial charge on any atom is 1.00 e. The van der Waals surface area contributed by atoms with Crippen molar-refractivity contribution in [3.8, 4) is 0 Å². The van der Waals surface area contributed by atoms with Crippen molar-refractivity contribution in [1.82, 2.24) is 0 Å². The molecular weight excluding hydrogens is 428 g/mol. The molecule has 1 nitrogen and oxygen atoms in total. The largest absolute Gasteiger partial charge is 1.00 e. The van der Waals surface area contributed by atoms with Crippen molar-refractivity contribution < 1.29 is 17.1 Å². The molecule has 28 heavy (non-hydrogen) atoms. The summed E-state index contributed by atoms with van der Waals surface area (Å²) in [4.78, 5) is 0. The Kier molecular flexibility index (Phi) is 12.8. The van der Waals surface area contributed by atoms with Crippen LogP contribution in [0.2, 0.25) is 0 Å². The summed E-state index contributed by atoms with van der Waals surface area (Å²) in [6.45, 7) is 29.6.